The SMILES string of the molecule is CCOC(=O)c1cc(-c2ccco2)n(-c2ccccc2C#N)n1. The number of carbonyl (C=O) groups excluding carboxylic acids is 1. The van der Waals surface area contributed by atoms with Crippen molar-refractivity contribution in [3.05, 3.63) is 60.0 Å². The van der Waals surface area contributed by atoms with Gasteiger partial charge in [0.2, 0.25) is 0 Å². The van der Waals surface area contributed by atoms with Gasteiger partial charge in [-0.1, -0.05) is 12.1 Å². The van der Waals surface area contributed by atoms with E-state index in [1.807, 2.05) is 0 Å². The van der Waals surface area contributed by atoms with Crippen LogP contribution in [0.4, 0.5) is 0 Å². The molecule has 3 aromatic rings. The van der Waals surface area contributed by atoms with Crippen molar-refractivity contribution in [2.24, 2.45) is 0 Å². The number of nitrogens with zero attached hydrogens (tertiary/aromatic N) is 3. The maximum atomic E-state index is 12.0. The second-order valence-electron chi connectivity index (χ2n) is 4.65. The van der Waals surface area contributed by atoms with Gasteiger partial charge < -0.3 is 9.15 Å². The number of esters is 1. The number of rotatable bonds is 4. The van der Waals surface area contributed by atoms with Crippen LogP contribution in [0.15, 0.2) is 53.1 Å². The molecule has 0 atom stereocenters. The molecule has 114 valence electrons. The van der Waals surface area contributed by atoms with Gasteiger partial charge >= 0.3 is 5.97 Å². The van der Waals surface area contributed by atoms with E-state index in [1.165, 1.54) is 10.9 Å². The van der Waals surface area contributed by atoms with Gasteiger partial charge in [-0.25, -0.2) is 9.48 Å². The molecule has 0 N–H and O–H groups in total. The number of benzene rings is 1. The molecule has 0 aliphatic carbocycles. The minimum atomic E-state index is -0.520. The molecule has 0 radical (unpaired) electrons. The fraction of sp³-hybridized carbons (Fsp3) is 0.118. The first-order valence-corrected chi connectivity index (χ1v) is 7.05. The van der Waals surface area contributed by atoms with Crippen LogP contribution in [-0.2, 0) is 4.74 Å². The van der Waals surface area contributed by atoms with Gasteiger partial charge in [-0.05, 0) is 31.2 Å². The Morgan fingerprint density at radius 1 is 1.35 bits per heavy atom. The second-order valence-corrected chi connectivity index (χ2v) is 4.65. The van der Waals surface area contributed by atoms with Crippen LogP contribution in [0.5, 0.6) is 0 Å². The molecule has 0 aliphatic heterocycles. The predicted molar refractivity (Wildman–Crippen MR) is 81.9 cm³/mol. The molecule has 23 heavy (non-hydrogen) atoms. The topological polar surface area (TPSA) is 81.0 Å². The van der Waals surface area contributed by atoms with Gasteiger partial charge in [0, 0.05) is 6.07 Å². The Hall–Kier alpha value is -3.33. The lowest BCUT2D eigenvalue weighted by Gasteiger charge is -2.07. The van der Waals surface area contributed by atoms with E-state index in [2.05, 4.69) is 11.2 Å². The van der Waals surface area contributed by atoms with Crippen molar-refractivity contribution in [2.75, 3.05) is 6.61 Å². The molecule has 1 aromatic carbocycles. The summed E-state index contributed by atoms with van der Waals surface area (Å²) in [5.41, 5.74) is 1.74. The molecule has 0 spiro atoms. The lowest BCUT2D eigenvalue weighted by atomic mass is 10.2. The van der Waals surface area contributed by atoms with Crippen LogP contribution in [0.3, 0.4) is 0 Å². The Morgan fingerprint density at radius 3 is 2.87 bits per heavy atom. The number of para-hydroxylation sites is 1. The van der Waals surface area contributed by atoms with E-state index in [0.717, 1.165) is 0 Å². The number of nitriles is 1. The summed E-state index contributed by atoms with van der Waals surface area (Å²) >= 11 is 0. The van der Waals surface area contributed by atoms with E-state index in [9.17, 15) is 10.1 Å². The molecule has 2 heterocycles. The number of ether oxygens (including phenoxy) is 1. The zero-order valence-corrected chi connectivity index (χ0v) is 12.4. The summed E-state index contributed by atoms with van der Waals surface area (Å²) in [6.07, 6.45) is 1.53. The van der Waals surface area contributed by atoms with Gasteiger partial charge in [0.25, 0.3) is 0 Å². The highest BCUT2D eigenvalue weighted by molar-refractivity contribution is 5.88. The fourth-order valence-corrected chi connectivity index (χ4v) is 2.22. The lowest BCUT2D eigenvalue weighted by molar-refractivity contribution is 0.0519. The van der Waals surface area contributed by atoms with Crippen molar-refractivity contribution < 1.29 is 13.9 Å². The summed E-state index contributed by atoms with van der Waals surface area (Å²) in [6, 6.07) is 14.2. The minimum Gasteiger partial charge on any atom is -0.463 e. The Balaban J connectivity index is 2.19. The molecule has 0 unspecified atom stereocenters. The third kappa shape index (κ3) is 2.72. The van der Waals surface area contributed by atoms with Crippen LogP contribution in [-0.4, -0.2) is 22.4 Å². The summed E-state index contributed by atoms with van der Waals surface area (Å²) in [6.45, 7) is 1.99. The summed E-state index contributed by atoms with van der Waals surface area (Å²) < 4.78 is 11.9. The van der Waals surface area contributed by atoms with Crippen molar-refractivity contribution in [2.45, 2.75) is 6.92 Å². The highest BCUT2D eigenvalue weighted by Crippen LogP contribution is 2.26. The van der Waals surface area contributed by atoms with E-state index < -0.39 is 5.97 Å². The molecule has 6 heteroatoms. The smallest absolute Gasteiger partial charge is 0.358 e. The first kappa shape index (κ1) is 14.6. The first-order chi connectivity index (χ1) is 11.2. The van der Waals surface area contributed by atoms with Crippen molar-refractivity contribution in [3.63, 3.8) is 0 Å². The summed E-state index contributed by atoms with van der Waals surface area (Å²) in [5.74, 6) is 0.0225. The van der Waals surface area contributed by atoms with Crippen molar-refractivity contribution >= 4 is 5.97 Å². The van der Waals surface area contributed by atoms with E-state index >= 15 is 0 Å². The van der Waals surface area contributed by atoms with Crippen LogP contribution < -0.4 is 0 Å². The average molecular weight is 307 g/mol. The molecule has 0 aliphatic rings. The van der Waals surface area contributed by atoms with Crippen LogP contribution in [0.2, 0.25) is 0 Å². The molecule has 6 nitrogen and oxygen atoms in total. The van der Waals surface area contributed by atoms with Gasteiger partial charge in [0.1, 0.15) is 11.8 Å². The predicted octanol–water partition coefficient (Wildman–Crippen LogP) is 3.18. The van der Waals surface area contributed by atoms with E-state index in [4.69, 9.17) is 9.15 Å². The minimum absolute atomic E-state index is 0.158. The number of furan rings is 1. The summed E-state index contributed by atoms with van der Waals surface area (Å²) in [7, 11) is 0. The van der Waals surface area contributed by atoms with Crippen LogP contribution in [0.1, 0.15) is 23.0 Å². The standard InChI is InChI=1S/C17H13N3O3/c1-2-22-17(21)13-10-15(16-8-5-9-23-16)20(19-13)14-7-4-3-6-12(14)11-18/h3-10H,2H2,1H3. The molecule has 0 fully saturated rings. The van der Waals surface area contributed by atoms with Gasteiger partial charge in [0.15, 0.2) is 11.5 Å². The zero-order chi connectivity index (χ0) is 16.2. The lowest BCUT2D eigenvalue weighted by Crippen LogP contribution is -2.07. The molecule has 0 saturated heterocycles. The number of aromatic nitrogens is 2. The molecular weight excluding hydrogens is 294 g/mol. The number of hydrogen-bond acceptors (Lipinski definition) is 5. The maximum Gasteiger partial charge on any atom is 0.358 e. The highest BCUT2D eigenvalue weighted by atomic mass is 16.5. The molecule has 3 rings (SSSR count). The zero-order valence-electron chi connectivity index (χ0n) is 12.4. The maximum absolute atomic E-state index is 12.0. The van der Waals surface area contributed by atoms with E-state index in [1.54, 1.807) is 49.4 Å². The Labute approximate surface area is 132 Å². The molecule has 0 saturated carbocycles. The fourth-order valence-electron chi connectivity index (χ4n) is 2.22. The van der Waals surface area contributed by atoms with Crippen LogP contribution >= 0.6 is 0 Å². The average Bonchev–Trinajstić information content (AvgIpc) is 3.24. The Morgan fingerprint density at radius 2 is 2.17 bits per heavy atom. The normalized spacial score (nSPS) is 10.3. The van der Waals surface area contributed by atoms with E-state index in [0.29, 0.717) is 22.7 Å². The van der Waals surface area contributed by atoms with Gasteiger partial charge in [-0.2, -0.15) is 10.4 Å². The third-order valence-corrected chi connectivity index (χ3v) is 3.22. The monoisotopic (exact) mass is 307 g/mol. The Bertz CT molecular complexity index is 873. The molecular formula is C17H13N3O3. The van der Waals surface area contributed by atoms with Gasteiger partial charge in [-0.15, -0.1) is 0 Å². The van der Waals surface area contributed by atoms with Crippen LogP contribution in [0.25, 0.3) is 17.1 Å². The van der Waals surface area contributed by atoms with Crippen molar-refractivity contribution in [1.82, 2.24) is 9.78 Å². The second kappa shape index (κ2) is 6.20. The third-order valence-electron chi connectivity index (χ3n) is 3.22. The molecule has 0 amide bonds. The summed E-state index contributed by atoms with van der Waals surface area (Å²) in [4.78, 5) is 12.0. The first-order valence-electron chi connectivity index (χ1n) is 7.05. The van der Waals surface area contributed by atoms with E-state index in [-0.39, 0.29) is 12.3 Å². The number of carbonyl (C=O) groups is 1. The Kier molecular flexibility index (Phi) is 3.93. The number of hydrogen-bond donors (Lipinski definition) is 0. The molecule has 0 bridgehead atoms. The van der Waals surface area contributed by atoms with Crippen molar-refractivity contribution in [3.8, 4) is 23.2 Å². The quantitative estimate of drug-likeness (QED) is 0.691. The summed E-state index contributed by atoms with van der Waals surface area (Å²) in [5, 5.41) is 13.6. The molecule has 2 aromatic heterocycles. The van der Waals surface area contributed by atoms with Gasteiger partial charge in [-0.3, -0.25) is 0 Å². The van der Waals surface area contributed by atoms with Crippen LogP contribution in [0, 0.1) is 11.3 Å². The largest absolute Gasteiger partial charge is 0.463 e. The van der Waals surface area contributed by atoms with Gasteiger partial charge in [0.05, 0.1) is 24.1 Å². The highest BCUT2D eigenvalue weighted by Gasteiger charge is 2.20. The van der Waals surface area contributed by atoms with Crippen molar-refractivity contribution in [1.29, 1.82) is 5.26 Å².